The van der Waals surface area contributed by atoms with Crippen molar-refractivity contribution in [2.75, 3.05) is 5.73 Å². The number of nitrogen functional groups attached to an aromatic ring is 1. The molecule has 1 aromatic heterocycles. The summed E-state index contributed by atoms with van der Waals surface area (Å²) in [4.78, 5) is 4.32. The molecule has 2 aromatic carbocycles. The molecule has 1 heterocycles. The first-order valence-electron chi connectivity index (χ1n) is 7.82. The van der Waals surface area contributed by atoms with Crippen molar-refractivity contribution in [2.24, 2.45) is 0 Å². The van der Waals surface area contributed by atoms with Gasteiger partial charge in [0, 0.05) is 11.9 Å². The number of hydrogen-bond acceptors (Lipinski definition) is 4. The van der Waals surface area contributed by atoms with E-state index in [1.54, 1.807) is 42.6 Å². The highest BCUT2D eigenvalue weighted by Gasteiger charge is 2.14. The van der Waals surface area contributed by atoms with Crippen LogP contribution in [0.25, 0.3) is 11.1 Å². The van der Waals surface area contributed by atoms with Crippen molar-refractivity contribution in [3.05, 3.63) is 78.1 Å². The molecule has 3 N–H and O–H groups in total. The largest absolute Gasteiger partial charge is 0.399 e. The summed E-state index contributed by atoms with van der Waals surface area (Å²) in [6.07, 6.45) is 1.63. The van der Waals surface area contributed by atoms with Crippen LogP contribution in [0.4, 0.5) is 5.69 Å². The Hall–Kier alpha value is -2.70. The fourth-order valence-corrected chi connectivity index (χ4v) is 3.52. The average molecular weight is 353 g/mol. The van der Waals surface area contributed by atoms with Crippen molar-refractivity contribution in [1.29, 1.82) is 0 Å². The highest BCUT2D eigenvalue weighted by molar-refractivity contribution is 7.89. The first-order chi connectivity index (χ1) is 12.0. The Morgan fingerprint density at radius 1 is 1.04 bits per heavy atom. The molecular formula is C19H19N3O2S. The molecule has 3 rings (SSSR count). The number of sulfonamides is 1. The summed E-state index contributed by atoms with van der Waals surface area (Å²) in [5.74, 6) is 0. The molecule has 0 aliphatic carbocycles. The molecule has 0 aliphatic heterocycles. The molecule has 0 spiro atoms. The van der Waals surface area contributed by atoms with Crippen LogP contribution in [-0.2, 0) is 16.6 Å². The van der Waals surface area contributed by atoms with Gasteiger partial charge in [0.05, 0.1) is 17.1 Å². The molecule has 0 atom stereocenters. The average Bonchev–Trinajstić information content (AvgIpc) is 2.63. The maximum atomic E-state index is 12.4. The first kappa shape index (κ1) is 17.1. The topological polar surface area (TPSA) is 85.1 Å². The molecule has 128 valence electrons. The number of aromatic nitrogens is 1. The van der Waals surface area contributed by atoms with Gasteiger partial charge < -0.3 is 5.73 Å². The van der Waals surface area contributed by atoms with Gasteiger partial charge in [-0.1, -0.05) is 24.3 Å². The van der Waals surface area contributed by atoms with Crippen molar-refractivity contribution in [2.45, 2.75) is 18.4 Å². The number of nitrogens with one attached hydrogen (secondary N) is 1. The quantitative estimate of drug-likeness (QED) is 0.690. The van der Waals surface area contributed by atoms with Crippen LogP contribution in [0.1, 0.15) is 11.3 Å². The summed E-state index contributed by atoms with van der Waals surface area (Å²) < 4.78 is 27.4. The summed E-state index contributed by atoms with van der Waals surface area (Å²) in [5, 5.41) is 0. The van der Waals surface area contributed by atoms with E-state index >= 15 is 0 Å². The molecule has 3 aromatic rings. The van der Waals surface area contributed by atoms with E-state index in [1.807, 2.05) is 31.2 Å². The van der Waals surface area contributed by atoms with E-state index in [4.69, 9.17) is 5.73 Å². The molecule has 0 fully saturated rings. The summed E-state index contributed by atoms with van der Waals surface area (Å²) >= 11 is 0. The summed E-state index contributed by atoms with van der Waals surface area (Å²) in [6, 6.07) is 17.8. The smallest absolute Gasteiger partial charge is 0.240 e. The van der Waals surface area contributed by atoms with Crippen LogP contribution in [-0.4, -0.2) is 13.4 Å². The summed E-state index contributed by atoms with van der Waals surface area (Å²) in [6.45, 7) is 2.15. The molecule has 0 aliphatic rings. The third-order valence-electron chi connectivity index (χ3n) is 3.91. The Morgan fingerprint density at radius 3 is 2.48 bits per heavy atom. The Labute approximate surface area is 147 Å². The van der Waals surface area contributed by atoms with E-state index in [0.717, 1.165) is 16.7 Å². The minimum atomic E-state index is -3.59. The number of anilines is 1. The van der Waals surface area contributed by atoms with Crippen molar-refractivity contribution in [3.63, 3.8) is 0 Å². The predicted octanol–water partition coefficient (Wildman–Crippen LogP) is 3.12. The highest BCUT2D eigenvalue weighted by Crippen LogP contribution is 2.26. The van der Waals surface area contributed by atoms with Crippen molar-refractivity contribution in [3.8, 4) is 11.1 Å². The Morgan fingerprint density at radius 2 is 1.80 bits per heavy atom. The van der Waals surface area contributed by atoms with Gasteiger partial charge in [0.15, 0.2) is 0 Å². The molecular weight excluding hydrogens is 334 g/mol. The van der Waals surface area contributed by atoms with E-state index in [1.165, 1.54) is 0 Å². The first-order valence-corrected chi connectivity index (χ1v) is 9.30. The second-order valence-electron chi connectivity index (χ2n) is 5.74. The normalized spacial score (nSPS) is 11.4. The molecule has 0 saturated carbocycles. The van der Waals surface area contributed by atoms with E-state index in [0.29, 0.717) is 11.4 Å². The second-order valence-corrected chi connectivity index (χ2v) is 7.51. The van der Waals surface area contributed by atoms with Crippen LogP contribution in [0.2, 0.25) is 0 Å². The van der Waals surface area contributed by atoms with Crippen molar-refractivity contribution >= 4 is 15.7 Å². The minimum absolute atomic E-state index is 0.152. The highest BCUT2D eigenvalue weighted by atomic mass is 32.2. The lowest BCUT2D eigenvalue weighted by Gasteiger charge is -2.10. The SMILES string of the molecule is Cc1ccc(N)cc1-c1ccc(S(=O)(=O)NCc2ccccn2)cc1. The number of pyridine rings is 1. The number of rotatable bonds is 5. The van der Waals surface area contributed by atoms with Crippen molar-refractivity contribution in [1.82, 2.24) is 9.71 Å². The van der Waals surface area contributed by atoms with Crippen molar-refractivity contribution < 1.29 is 8.42 Å². The third kappa shape index (κ3) is 4.04. The maximum Gasteiger partial charge on any atom is 0.240 e. The number of nitrogens with two attached hydrogens (primary N) is 1. The van der Waals surface area contributed by atoms with E-state index in [2.05, 4.69) is 9.71 Å². The van der Waals surface area contributed by atoms with E-state index in [-0.39, 0.29) is 11.4 Å². The van der Waals surface area contributed by atoms with Crippen LogP contribution in [0.15, 0.2) is 71.8 Å². The Balaban J connectivity index is 1.80. The zero-order valence-corrected chi connectivity index (χ0v) is 14.6. The van der Waals surface area contributed by atoms with Crippen LogP contribution < -0.4 is 10.5 Å². The van der Waals surface area contributed by atoms with Gasteiger partial charge in [-0.2, -0.15) is 0 Å². The van der Waals surface area contributed by atoms with Gasteiger partial charge in [0.1, 0.15) is 0 Å². The molecule has 0 unspecified atom stereocenters. The van der Waals surface area contributed by atoms with Crippen LogP contribution in [0, 0.1) is 6.92 Å². The summed E-state index contributed by atoms with van der Waals surface area (Å²) in [5.41, 5.74) is 10.2. The summed E-state index contributed by atoms with van der Waals surface area (Å²) in [7, 11) is -3.59. The zero-order chi connectivity index (χ0) is 17.9. The molecule has 5 nitrogen and oxygen atoms in total. The molecule has 0 radical (unpaired) electrons. The van der Waals surface area contributed by atoms with Gasteiger partial charge in [0.2, 0.25) is 10.0 Å². The Kier molecular flexibility index (Phi) is 4.83. The second kappa shape index (κ2) is 7.04. The van der Waals surface area contributed by atoms with Gasteiger partial charge in [0.25, 0.3) is 0 Å². The fraction of sp³-hybridized carbons (Fsp3) is 0.105. The number of aryl methyl sites for hydroxylation is 1. The lowest BCUT2D eigenvalue weighted by Crippen LogP contribution is -2.23. The minimum Gasteiger partial charge on any atom is -0.399 e. The number of benzene rings is 2. The van der Waals surface area contributed by atoms with Gasteiger partial charge in [-0.25, -0.2) is 13.1 Å². The van der Waals surface area contributed by atoms with Gasteiger partial charge >= 0.3 is 0 Å². The lowest BCUT2D eigenvalue weighted by molar-refractivity contribution is 0.580. The van der Waals surface area contributed by atoms with E-state index in [9.17, 15) is 8.42 Å². The molecule has 0 bridgehead atoms. The lowest BCUT2D eigenvalue weighted by atomic mass is 10.0. The molecule has 25 heavy (non-hydrogen) atoms. The number of nitrogens with zero attached hydrogens (tertiary/aromatic N) is 1. The molecule has 0 saturated heterocycles. The van der Waals surface area contributed by atoms with Gasteiger partial charge in [-0.3, -0.25) is 4.98 Å². The predicted molar refractivity (Wildman–Crippen MR) is 99.3 cm³/mol. The Bertz CT molecular complexity index is 969. The third-order valence-corrected chi connectivity index (χ3v) is 5.32. The van der Waals surface area contributed by atoms with Gasteiger partial charge in [-0.05, 0) is 60.0 Å². The van der Waals surface area contributed by atoms with Crippen LogP contribution in [0.5, 0.6) is 0 Å². The maximum absolute atomic E-state index is 12.4. The monoisotopic (exact) mass is 353 g/mol. The standard InChI is InChI=1S/C19H19N3O2S/c1-14-5-8-16(20)12-19(14)15-6-9-18(10-7-15)25(23,24)22-13-17-4-2-3-11-21-17/h2-12,22H,13,20H2,1H3. The van der Waals surface area contributed by atoms with E-state index < -0.39 is 10.0 Å². The molecule has 0 amide bonds. The zero-order valence-electron chi connectivity index (χ0n) is 13.8. The van der Waals surface area contributed by atoms with Crippen LogP contribution >= 0.6 is 0 Å². The molecule has 6 heteroatoms. The van der Waals surface area contributed by atoms with Gasteiger partial charge in [-0.15, -0.1) is 0 Å². The number of hydrogen-bond donors (Lipinski definition) is 2. The fourth-order valence-electron chi connectivity index (χ4n) is 2.52. The van der Waals surface area contributed by atoms with Crippen LogP contribution in [0.3, 0.4) is 0 Å².